The van der Waals surface area contributed by atoms with E-state index in [2.05, 4.69) is 53.6 Å². The molecule has 22 heavy (non-hydrogen) atoms. The Morgan fingerprint density at radius 1 is 0.500 bits per heavy atom. The molecule has 3 rings (SSSR count). The third-order valence-corrected chi connectivity index (χ3v) is 2.85. The van der Waals surface area contributed by atoms with Crippen molar-refractivity contribution >= 4 is 12.2 Å². The SMILES string of the molecule is C(/C=C/c1ccccc1)=C\c1ccccc1.c1ccncc1. The van der Waals surface area contributed by atoms with Gasteiger partial charge >= 0.3 is 0 Å². The van der Waals surface area contributed by atoms with Crippen LogP contribution < -0.4 is 0 Å². The Bertz CT molecular complexity index is 597. The van der Waals surface area contributed by atoms with Crippen molar-refractivity contribution in [3.05, 3.63) is 115 Å². The number of hydrogen-bond acceptors (Lipinski definition) is 1. The lowest BCUT2D eigenvalue weighted by atomic mass is 10.2. The highest BCUT2D eigenvalue weighted by molar-refractivity contribution is 5.56. The van der Waals surface area contributed by atoms with Crippen LogP contribution in [0.4, 0.5) is 0 Å². The van der Waals surface area contributed by atoms with Crippen molar-refractivity contribution in [2.24, 2.45) is 0 Å². The van der Waals surface area contributed by atoms with E-state index in [9.17, 15) is 0 Å². The van der Waals surface area contributed by atoms with Crippen LogP contribution in [0.3, 0.4) is 0 Å². The fourth-order valence-electron chi connectivity index (χ4n) is 1.77. The summed E-state index contributed by atoms with van der Waals surface area (Å²) < 4.78 is 0. The van der Waals surface area contributed by atoms with E-state index in [1.807, 2.05) is 54.6 Å². The maximum Gasteiger partial charge on any atom is 0.0267 e. The number of aromatic nitrogens is 1. The van der Waals surface area contributed by atoms with E-state index in [1.165, 1.54) is 11.1 Å². The van der Waals surface area contributed by atoms with E-state index < -0.39 is 0 Å². The summed E-state index contributed by atoms with van der Waals surface area (Å²) in [6.07, 6.45) is 11.8. The molecule has 108 valence electrons. The Labute approximate surface area is 132 Å². The highest BCUT2D eigenvalue weighted by Gasteiger charge is 1.81. The van der Waals surface area contributed by atoms with Crippen LogP contribution in [0.1, 0.15) is 11.1 Å². The first-order valence-corrected chi connectivity index (χ1v) is 7.25. The number of pyridine rings is 1. The molecule has 0 aliphatic carbocycles. The zero-order valence-corrected chi connectivity index (χ0v) is 12.4. The lowest BCUT2D eigenvalue weighted by Crippen LogP contribution is -1.68. The van der Waals surface area contributed by atoms with Gasteiger partial charge in [-0.25, -0.2) is 0 Å². The third kappa shape index (κ3) is 6.49. The summed E-state index contributed by atoms with van der Waals surface area (Å²) in [6, 6.07) is 26.3. The van der Waals surface area contributed by atoms with Crippen molar-refractivity contribution < 1.29 is 0 Å². The van der Waals surface area contributed by atoms with Crippen LogP contribution in [0, 0.1) is 0 Å². The standard InChI is InChI=1S/C16H14.C5H5N/c1-3-9-15(10-4-1)13-7-8-14-16-11-5-2-6-12-16;1-2-4-6-5-3-1/h1-14H;1-5H/b13-7+,14-8+;. The topological polar surface area (TPSA) is 12.9 Å². The van der Waals surface area contributed by atoms with Gasteiger partial charge in [-0.1, -0.05) is 91.0 Å². The normalized spacial score (nSPS) is 10.4. The molecule has 0 atom stereocenters. The van der Waals surface area contributed by atoms with Gasteiger partial charge in [0.25, 0.3) is 0 Å². The number of allylic oxidation sites excluding steroid dienone is 2. The lowest BCUT2D eigenvalue weighted by Gasteiger charge is -1.90. The van der Waals surface area contributed by atoms with E-state index in [0.717, 1.165) is 0 Å². The predicted octanol–water partition coefficient (Wildman–Crippen LogP) is 5.49. The highest BCUT2D eigenvalue weighted by Crippen LogP contribution is 2.03. The summed E-state index contributed by atoms with van der Waals surface area (Å²) in [4.78, 5) is 3.78. The van der Waals surface area contributed by atoms with Gasteiger partial charge in [0.1, 0.15) is 0 Å². The average molecular weight is 285 g/mol. The van der Waals surface area contributed by atoms with Crippen molar-refractivity contribution in [1.29, 1.82) is 0 Å². The van der Waals surface area contributed by atoms with Crippen molar-refractivity contribution in [2.45, 2.75) is 0 Å². The van der Waals surface area contributed by atoms with E-state index in [4.69, 9.17) is 0 Å². The molecule has 0 aliphatic rings. The molecule has 0 amide bonds. The van der Waals surface area contributed by atoms with Crippen LogP contribution in [0.2, 0.25) is 0 Å². The minimum atomic E-state index is 1.22. The van der Waals surface area contributed by atoms with Gasteiger partial charge in [0.2, 0.25) is 0 Å². The summed E-state index contributed by atoms with van der Waals surface area (Å²) in [6.45, 7) is 0. The van der Waals surface area contributed by atoms with E-state index in [0.29, 0.717) is 0 Å². The van der Waals surface area contributed by atoms with Crippen LogP contribution in [0.25, 0.3) is 12.2 Å². The molecule has 2 aromatic carbocycles. The summed E-state index contributed by atoms with van der Waals surface area (Å²) >= 11 is 0. The van der Waals surface area contributed by atoms with Crippen LogP contribution in [-0.4, -0.2) is 4.98 Å². The second kappa shape index (κ2) is 9.89. The Morgan fingerprint density at radius 2 is 0.909 bits per heavy atom. The molecule has 1 heteroatoms. The Morgan fingerprint density at radius 3 is 1.23 bits per heavy atom. The molecular formula is C21H19N. The maximum absolute atomic E-state index is 3.78. The summed E-state index contributed by atoms with van der Waals surface area (Å²) in [5, 5.41) is 0. The fraction of sp³-hybridized carbons (Fsp3) is 0. The zero-order chi connectivity index (χ0) is 15.3. The minimum Gasteiger partial charge on any atom is -0.265 e. The first-order chi connectivity index (χ1) is 10.9. The molecule has 0 fully saturated rings. The van der Waals surface area contributed by atoms with Crippen LogP contribution >= 0.6 is 0 Å². The molecule has 1 heterocycles. The summed E-state index contributed by atoms with van der Waals surface area (Å²) in [5.41, 5.74) is 2.44. The zero-order valence-electron chi connectivity index (χ0n) is 12.4. The van der Waals surface area contributed by atoms with Crippen LogP contribution in [0.15, 0.2) is 103 Å². The molecule has 1 aromatic heterocycles. The van der Waals surface area contributed by atoms with Gasteiger partial charge in [-0.15, -0.1) is 0 Å². The predicted molar refractivity (Wildman–Crippen MR) is 95.2 cm³/mol. The molecule has 3 aromatic rings. The first kappa shape index (κ1) is 15.5. The van der Waals surface area contributed by atoms with E-state index in [1.54, 1.807) is 12.4 Å². The van der Waals surface area contributed by atoms with Gasteiger partial charge < -0.3 is 0 Å². The first-order valence-electron chi connectivity index (χ1n) is 7.25. The van der Waals surface area contributed by atoms with Gasteiger partial charge in [-0.2, -0.15) is 0 Å². The molecule has 0 spiro atoms. The highest BCUT2D eigenvalue weighted by atomic mass is 14.6. The van der Waals surface area contributed by atoms with Crippen molar-refractivity contribution in [1.82, 2.24) is 4.98 Å². The van der Waals surface area contributed by atoms with Crippen molar-refractivity contribution in [3.63, 3.8) is 0 Å². The Kier molecular flexibility index (Phi) is 6.95. The molecule has 0 saturated heterocycles. The fourth-order valence-corrected chi connectivity index (χ4v) is 1.77. The molecule has 0 unspecified atom stereocenters. The summed E-state index contributed by atoms with van der Waals surface area (Å²) in [5.74, 6) is 0. The van der Waals surface area contributed by atoms with Gasteiger partial charge in [0.15, 0.2) is 0 Å². The smallest absolute Gasteiger partial charge is 0.0267 e. The quantitative estimate of drug-likeness (QED) is 0.579. The van der Waals surface area contributed by atoms with E-state index in [-0.39, 0.29) is 0 Å². The molecule has 0 N–H and O–H groups in total. The molecular weight excluding hydrogens is 266 g/mol. The second-order valence-electron chi connectivity index (χ2n) is 4.56. The largest absolute Gasteiger partial charge is 0.265 e. The summed E-state index contributed by atoms with van der Waals surface area (Å²) in [7, 11) is 0. The second-order valence-corrected chi connectivity index (χ2v) is 4.56. The van der Waals surface area contributed by atoms with Crippen molar-refractivity contribution in [3.8, 4) is 0 Å². The molecule has 0 saturated carbocycles. The van der Waals surface area contributed by atoms with Gasteiger partial charge in [-0.3, -0.25) is 4.98 Å². The minimum absolute atomic E-state index is 1.22. The van der Waals surface area contributed by atoms with Gasteiger partial charge in [-0.05, 0) is 23.3 Å². The van der Waals surface area contributed by atoms with Gasteiger partial charge in [0, 0.05) is 12.4 Å². The molecule has 1 nitrogen and oxygen atoms in total. The number of hydrogen-bond donors (Lipinski definition) is 0. The Hall–Kier alpha value is -2.93. The third-order valence-electron chi connectivity index (χ3n) is 2.85. The number of nitrogens with zero attached hydrogens (tertiary/aromatic N) is 1. The van der Waals surface area contributed by atoms with Crippen molar-refractivity contribution in [2.75, 3.05) is 0 Å². The molecule has 0 aliphatic heterocycles. The van der Waals surface area contributed by atoms with Crippen LogP contribution in [-0.2, 0) is 0 Å². The monoisotopic (exact) mass is 285 g/mol. The number of benzene rings is 2. The lowest BCUT2D eigenvalue weighted by molar-refractivity contribution is 1.33. The average Bonchev–Trinajstić information content (AvgIpc) is 2.63. The molecule has 0 bridgehead atoms. The number of rotatable bonds is 3. The maximum atomic E-state index is 3.78. The van der Waals surface area contributed by atoms with E-state index >= 15 is 0 Å². The van der Waals surface area contributed by atoms with Gasteiger partial charge in [0.05, 0.1) is 0 Å². The Balaban J connectivity index is 0.000000246. The molecule has 0 radical (unpaired) electrons. The van der Waals surface area contributed by atoms with Crippen LogP contribution in [0.5, 0.6) is 0 Å².